The zero-order valence-electron chi connectivity index (χ0n) is 77.5. The Bertz CT molecular complexity index is 6540. The molecule has 11 N–H and O–H groups in total. The number of nitrogens with one attached hydrogen (secondary N) is 6. The molecular weight excluding hydrogens is 1820 g/mol. The van der Waals surface area contributed by atoms with Crippen molar-refractivity contribution in [2.24, 2.45) is 5.73 Å². The Balaban J connectivity index is 0.000000175. The van der Waals surface area contributed by atoms with E-state index < -0.39 is 59.4 Å². The molecule has 728 valence electrons. The first-order chi connectivity index (χ1) is 66.5. The number of fused-ring (bicyclic) bond motifs is 2. The minimum Gasteiger partial charge on any atom is -0.768 e. The van der Waals surface area contributed by atoms with Crippen molar-refractivity contribution >= 4 is 84.7 Å². The number of carbonyl (C=O) groups is 5. The smallest absolute Gasteiger partial charge is 0.248 e. The van der Waals surface area contributed by atoms with Gasteiger partial charge in [0.2, 0.25) is 53.1 Å². The number of ether oxygens (including phenoxy) is 7. The lowest BCUT2D eigenvalue weighted by atomic mass is 9.68. The molecule has 12 aromatic rings. The van der Waals surface area contributed by atoms with Crippen LogP contribution in [0.4, 0.5) is 23.3 Å². The number of benzene rings is 8. The number of methoxy groups -OCH3 is 2. The molecule has 8 heterocycles. The van der Waals surface area contributed by atoms with Crippen molar-refractivity contribution in [3.05, 3.63) is 282 Å². The Morgan fingerprint density at radius 2 is 0.891 bits per heavy atom. The lowest BCUT2D eigenvalue weighted by Gasteiger charge is -2.38. The Labute approximate surface area is 811 Å². The van der Waals surface area contributed by atoms with Crippen LogP contribution in [0.25, 0.3) is 44.8 Å². The van der Waals surface area contributed by atoms with Crippen molar-refractivity contribution in [1.82, 2.24) is 34.3 Å². The van der Waals surface area contributed by atoms with Crippen molar-refractivity contribution in [3.63, 3.8) is 0 Å². The molecule has 4 aromatic heterocycles. The number of nitrogens with zero attached hydrogens (tertiary/aromatic N) is 5. The molecule has 0 spiro atoms. The lowest BCUT2D eigenvalue weighted by molar-refractivity contribution is -0.125. The first kappa shape index (κ1) is 99.1. The van der Waals surface area contributed by atoms with E-state index in [-0.39, 0.29) is 52.7 Å². The maximum absolute atomic E-state index is 13.6. The predicted molar refractivity (Wildman–Crippen MR) is 535 cm³/mol. The minimum atomic E-state index is -3.52. The minimum absolute atomic E-state index is 0. The molecule has 34 heteroatoms. The number of aliphatic hydroxyl groups is 1. The van der Waals surface area contributed by atoms with E-state index in [4.69, 9.17) is 44.0 Å². The molecule has 2 saturated heterocycles. The number of anilines is 4. The number of pyridine rings is 4. The zero-order valence-corrected chi connectivity index (χ0v) is 80.0. The maximum atomic E-state index is 13.6. The van der Waals surface area contributed by atoms with Gasteiger partial charge in [-0.15, -0.1) is 10.8 Å². The van der Waals surface area contributed by atoms with E-state index in [0.29, 0.717) is 107 Å². The van der Waals surface area contributed by atoms with Crippen molar-refractivity contribution < 1.29 is 94.2 Å². The summed E-state index contributed by atoms with van der Waals surface area (Å²) in [5.41, 5.74) is 15.0. The van der Waals surface area contributed by atoms with Gasteiger partial charge in [0.25, 0.3) is 0 Å². The summed E-state index contributed by atoms with van der Waals surface area (Å²) in [6.07, 6.45) is 11.3. The number of aryl methyl sites for hydroxylation is 2. The third-order valence-corrected chi connectivity index (χ3v) is 30.0. The van der Waals surface area contributed by atoms with Gasteiger partial charge in [-0.3, -0.25) is 37.3 Å². The maximum Gasteiger partial charge on any atom is 0.248 e. The number of aliphatic hydroxyl groups excluding tert-OH is 1. The average Bonchev–Trinajstić information content (AvgIpc) is 1.59. The van der Waals surface area contributed by atoms with Gasteiger partial charge in [0, 0.05) is 83.2 Å². The first-order valence-corrected chi connectivity index (χ1v) is 49.4. The van der Waals surface area contributed by atoms with Crippen LogP contribution in [0.2, 0.25) is 0 Å². The summed E-state index contributed by atoms with van der Waals surface area (Å²) in [5.74, 6) is 5.35. The van der Waals surface area contributed by atoms with Gasteiger partial charge < -0.3 is 75.1 Å². The van der Waals surface area contributed by atoms with Crippen molar-refractivity contribution in [2.75, 3.05) is 96.6 Å². The molecule has 0 radical (unpaired) electrons. The molecule has 19 rings (SSSR count). The standard InChI is InChI=1S/2C25H27N3O5S.C25H26N2O4S.C24H21N3O4.C5H11NO.4H2/c1-16-20(17-4-7-19(8-5-17)34(30,31)28(2)3)9-11-23(26-16)27-24(29)25(12-13-25)18-6-10-21-22(14-18)33-15-32-21;1-26-34(30,31)21-12-6-18(7-13-21)22-4-3-5-23(27-22)28-24(29)25(14-16-33-17-15-25)19-8-10-20(32-2)11-9-19;1-31-20-12-10-19(11-13-20)25(16-3-2-4-17-25)24(28)27-23-7-5-6-22(26-23)18-8-14-21(15-9-18)32(29)30;1-14-18(15-2-4-16(5-3-15)22(25)28)7-9-21(26-14)27-23(29)24(10-11-24)17-6-8-19-20(12-17)31-13-30-19;7-4-5-2-1-3-6-5;;;;/h4-11,14,30-31H,12-13,15H2,1-3H3,(H,26,27,29);3-13,26H,14-17H2,1-2H3,(H,27,28,29);5-15H,2-4,16-17H2,1H3,(H,29,30)(H,26,27,28);2-9,12H,10-11,13H2,1H3,(H2,25,28)(H,26,27,29);5-7H,1-4H2;4*1H/p-1/t;;;;5-;;;;/m....1..../s1. The summed E-state index contributed by atoms with van der Waals surface area (Å²) in [5, 5.41) is 23.6. The van der Waals surface area contributed by atoms with Gasteiger partial charge in [0.15, 0.2) is 23.0 Å². The van der Waals surface area contributed by atoms with Gasteiger partial charge in [-0.25, -0.2) is 37.4 Å². The van der Waals surface area contributed by atoms with Crippen LogP contribution in [0, 0.1) is 13.8 Å². The number of hydrogen-bond donors (Lipinski definition) is 10. The summed E-state index contributed by atoms with van der Waals surface area (Å²) in [6.45, 7) is 6.57. The molecule has 5 fully saturated rings. The van der Waals surface area contributed by atoms with Gasteiger partial charge in [0.05, 0.1) is 63.7 Å². The quantitative estimate of drug-likeness (QED) is 0.0238. The highest BCUT2D eigenvalue weighted by molar-refractivity contribution is 8.22. The molecule has 4 aliphatic heterocycles. The molecular formula is C104H119N12O19S3-. The fourth-order valence-corrected chi connectivity index (χ4v) is 19.5. The molecule has 1 unspecified atom stereocenters. The predicted octanol–water partition coefficient (Wildman–Crippen LogP) is 17.5. The number of aromatic nitrogens is 4. The van der Waals surface area contributed by atoms with E-state index in [0.717, 1.165) is 149 Å². The third kappa shape index (κ3) is 22.7. The Morgan fingerprint density at radius 3 is 1.28 bits per heavy atom. The van der Waals surface area contributed by atoms with Crippen LogP contribution in [0.15, 0.2) is 257 Å². The largest absolute Gasteiger partial charge is 0.768 e. The number of sulfonamides is 1. The summed E-state index contributed by atoms with van der Waals surface area (Å²) in [6, 6.07) is 72.3. The summed E-state index contributed by atoms with van der Waals surface area (Å²) in [7, 11) is 1.36. The number of amides is 5. The first-order valence-electron chi connectivity index (χ1n) is 45.4. The molecule has 7 aliphatic rings. The highest BCUT2D eigenvalue weighted by Gasteiger charge is 2.53. The molecule has 8 aromatic carbocycles. The van der Waals surface area contributed by atoms with E-state index in [1.807, 2.05) is 153 Å². The van der Waals surface area contributed by atoms with Crippen molar-refractivity contribution in [3.8, 4) is 79.3 Å². The Morgan fingerprint density at radius 1 is 0.493 bits per heavy atom. The zero-order chi connectivity index (χ0) is 97.5. The van der Waals surface area contributed by atoms with Crippen molar-refractivity contribution in [1.29, 1.82) is 0 Å². The molecule has 0 bridgehead atoms. The Kier molecular flexibility index (Phi) is 31.3. The van der Waals surface area contributed by atoms with Crippen molar-refractivity contribution in [2.45, 2.75) is 140 Å². The molecule has 31 nitrogen and oxygen atoms in total. The van der Waals surface area contributed by atoms with E-state index in [2.05, 4.69) is 51.2 Å². The number of primary amides is 1. The second-order valence-corrected chi connectivity index (χ2v) is 39.7. The normalized spacial score (nSPS) is 16.7. The fraction of sp³-hybridized carbons (Fsp3) is 0.298. The average molecular weight is 1940 g/mol. The number of hydrogen-bond acceptors (Lipinski definition) is 25. The van der Waals surface area contributed by atoms with E-state index in [9.17, 15) is 50.3 Å². The van der Waals surface area contributed by atoms with Crippen LogP contribution in [0.3, 0.4) is 0 Å². The highest BCUT2D eigenvalue weighted by atomic mass is 32.3. The number of carbonyl (C=O) groups excluding carboxylic acids is 5. The second kappa shape index (κ2) is 43.6. The van der Waals surface area contributed by atoms with Gasteiger partial charge in [-0.2, -0.15) is 0 Å². The van der Waals surface area contributed by atoms with Gasteiger partial charge in [-0.05, 0) is 282 Å². The van der Waals surface area contributed by atoms with E-state index in [1.54, 1.807) is 107 Å². The van der Waals surface area contributed by atoms with Crippen LogP contribution >= 0.6 is 10.8 Å². The lowest BCUT2D eigenvalue weighted by Crippen LogP contribution is -2.45. The van der Waals surface area contributed by atoms with Gasteiger partial charge in [0.1, 0.15) is 34.8 Å². The van der Waals surface area contributed by atoms with Crippen LogP contribution in [0.5, 0.6) is 34.5 Å². The highest BCUT2D eigenvalue weighted by Crippen LogP contribution is 2.54. The van der Waals surface area contributed by atoms with E-state index >= 15 is 0 Å². The Hall–Kier alpha value is -13.4. The van der Waals surface area contributed by atoms with Gasteiger partial charge in [-0.1, -0.05) is 116 Å². The van der Waals surface area contributed by atoms with Gasteiger partial charge >= 0.3 is 0 Å². The monoisotopic (exact) mass is 1940 g/mol. The topological polar surface area (TPSA) is 438 Å². The third-order valence-electron chi connectivity index (χ3n) is 26.0. The SMILES string of the molecule is CNS(=O)(=O)c1ccc(-c2cccc(NC(=O)C3(c4ccc(OC)cc4)CCOCC3)n2)cc1.COc1ccc(C2(C(=O)Nc3cccc(-c4ccc(S(=O)[O-])cc4)n3)CCCCC2)cc1.Cc1nc(NC(=O)C2(c3ccc4c(c3)OCO4)CC2)ccc1-c1ccc(C(N)=O)cc1.Cc1nc(NC(=O)C2(c3ccc4c(c3)OCO4)CC2)ccc1-c1ccc(S(O)(O)N(C)C)cc1.OC[C@H]1CCCN1.[HH].[HH].[HH].[HH]. The van der Waals surface area contributed by atoms with E-state index in [1.165, 1.54) is 42.0 Å². The van der Waals surface area contributed by atoms with Crippen LogP contribution in [0.1, 0.15) is 133 Å². The second-order valence-electron chi connectivity index (χ2n) is 34.7. The number of nitrogens with two attached hydrogens (primary N) is 1. The molecule has 138 heavy (non-hydrogen) atoms. The summed E-state index contributed by atoms with van der Waals surface area (Å²) < 4.78 is 108. The molecule has 3 saturated carbocycles. The molecule has 5 amide bonds. The van der Waals surface area contributed by atoms with Crippen LogP contribution in [-0.4, -0.2) is 167 Å². The molecule has 3 aliphatic carbocycles. The summed E-state index contributed by atoms with van der Waals surface area (Å²) in [4.78, 5) is 83.9. The summed E-state index contributed by atoms with van der Waals surface area (Å²) >= 11 is -2.27. The molecule has 2 atom stereocenters. The number of rotatable bonds is 25. The van der Waals surface area contributed by atoms with Crippen LogP contribution in [-0.2, 0) is 66.7 Å². The fourth-order valence-electron chi connectivity index (χ4n) is 17.5. The van der Waals surface area contributed by atoms with Crippen LogP contribution < -0.4 is 65.5 Å².